The Morgan fingerprint density at radius 2 is 2.00 bits per heavy atom. The second-order valence-electron chi connectivity index (χ2n) is 6.34. The number of fused-ring (bicyclic) bond motifs is 2. The topological polar surface area (TPSA) is 96.7 Å². The monoisotopic (exact) mass is 412 g/mol. The van der Waals surface area contributed by atoms with E-state index < -0.39 is 6.04 Å². The van der Waals surface area contributed by atoms with Gasteiger partial charge < -0.3 is 15.6 Å². The van der Waals surface area contributed by atoms with Gasteiger partial charge in [-0.1, -0.05) is 6.07 Å². The Labute approximate surface area is 168 Å². The molecule has 146 valence electrons. The van der Waals surface area contributed by atoms with Crippen molar-refractivity contribution in [3.05, 3.63) is 52.0 Å². The van der Waals surface area contributed by atoms with Crippen LogP contribution in [0.1, 0.15) is 23.0 Å². The highest BCUT2D eigenvalue weighted by molar-refractivity contribution is 5.85. The maximum absolute atomic E-state index is 12.5. The van der Waals surface area contributed by atoms with Crippen LogP contribution in [-0.2, 0) is 31.9 Å². The Morgan fingerprint density at radius 1 is 1.26 bits per heavy atom. The van der Waals surface area contributed by atoms with E-state index in [1.807, 2.05) is 18.2 Å². The van der Waals surface area contributed by atoms with Crippen molar-refractivity contribution in [3.8, 4) is 0 Å². The van der Waals surface area contributed by atoms with Crippen LogP contribution >= 0.6 is 24.8 Å². The molecule has 0 fully saturated rings. The maximum atomic E-state index is 12.5. The van der Waals surface area contributed by atoms with Gasteiger partial charge in [-0.2, -0.15) is 0 Å². The number of nitrogens with zero attached hydrogens (tertiary/aromatic N) is 3. The van der Waals surface area contributed by atoms with Crippen LogP contribution in [0.5, 0.6) is 0 Å². The first-order valence-corrected chi connectivity index (χ1v) is 8.24. The summed E-state index contributed by atoms with van der Waals surface area (Å²) in [6, 6.07) is 5.34. The van der Waals surface area contributed by atoms with Gasteiger partial charge in [0, 0.05) is 39.3 Å². The summed E-state index contributed by atoms with van der Waals surface area (Å²) < 4.78 is 3.22. The third-order valence-electron chi connectivity index (χ3n) is 4.81. The zero-order valence-electron chi connectivity index (χ0n) is 15.0. The number of hydrogen-bond donors (Lipinski definition) is 3. The first kappa shape index (κ1) is 21.0. The zero-order chi connectivity index (χ0) is 17.6. The maximum Gasteiger partial charge on any atom is 0.328 e. The van der Waals surface area contributed by atoms with Crippen LogP contribution in [0.3, 0.4) is 0 Å². The van der Waals surface area contributed by atoms with Crippen molar-refractivity contribution in [2.45, 2.75) is 19.0 Å². The average Bonchev–Trinajstić information content (AvgIpc) is 3.19. The molecular formula is C17H22Cl2N6O2. The number of halogens is 2. The molecule has 0 saturated carbocycles. The molecule has 3 heterocycles. The molecule has 1 aromatic carbocycles. The number of nitrogens with one attached hydrogen (secondary N) is 3. The van der Waals surface area contributed by atoms with Crippen LogP contribution in [0.25, 0.3) is 11.0 Å². The predicted octanol–water partition coefficient (Wildman–Crippen LogP) is 0.947. The van der Waals surface area contributed by atoms with Gasteiger partial charge in [0.15, 0.2) is 0 Å². The van der Waals surface area contributed by atoms with Crippen LogP contribution in [0.2, 0.25) is 0 Å². The van der Waals surface area contributed by atoms with Crippen LogP contribution in [0.15, 0.2) is 29.3 Å². The second-order valence-corrected chi connectivity index (χ2v) is 6.34. The van der Waals surface area contributed by atoms with Crippen molar-refractivity contribution in [3.63, 3.8) is 0 Å². The molecule has 8 nitrogen and oxygen atoms in total. The molecule has 0 spiro atoms. The number of carbonyl (C=O) groups excluding carboxylic acids is 1. The Hall–Kier alpha value is -2.29. The third kappa shape index (κ3) is 3.60. The van der Waals surface area contributed by atoms with Gasteiger partial charge in [-0.25, -0.2) is 9.78 Å². The molecule has 1 unspecified atom stereocenters. The minimum atomic E-state index is -0.431. The molecule has 0 bridgehead atoms. The number of hydrogen-bond acceptors (Lipinski definition) is 4. The highest BCUT2D eigenvalue weighted by Gasteiger charge is 2.28. The molecule has 2 aromatic heterocycles. The lowest BCUT2D eigenvalue weighted by molar-refractivity contribution is -0.123. The number of carbonyl (C=O) groups is 1. The Balaban J connectivity index is 0.00000131. The molecule has 0 aliphatic carbocycles. The summed E-state index contributed by atoms with van der Waals surface area (Å²) >= 11 is 0. The number of benzene rings is 1. The van der Waals surface area contributed by atoms with Gasteiger partial charge in [0.1, 0.15) is 6.04 Å². The fourth-order valence-corrected chi connectivity index (χ4v) is 3.39. The highest BCUT2D eigenvalue weighted by atomic mass is 35.5. The van der Waals surface area contributed by atoms with E-state index in [0.29, 0.717) is 6.54 Å². The minimum Gasteiger partial charge on any atom is -0.350 e. The summed E-state index contributed by atoms with van der Waals surface area (Å²) in [5, 5.41) is 6.16. The van der Waals surface area contributed by atoms with E-state index in [1.54, 1.807) is 29.6 Å². The summed E-state index contributed by atoms with van der Waals surface area (Å²) in [6.45, 7) is 1.14. The van der Waals surface area contributed by atoms with E-state index in [-0.39, 0.29) is 36.4 Å². The molecular weight excluding hydrogens is 391 g/mol. The summed E-state index contributed by atoms with van der Waals surface area (Å²) in [7, 11) is 3.50. The number of aromatic amines is 1. The molecule has 10 heteroatoms. The molecule has 3 aromatic rings. The van der Waals surface area contributed by atoms with Crippen LogP contribution < -0.4 is 16.3 Å². The number of imidazole rings is 2. The van der Waals surface area contributed by atoms with Gasteiger partial charge in [0.05, 0.1) is 23.1 Å². The summed E-state index contributed by atoms with van der Waals surface area (Å²) in [5.41, 5.74) is 4.39. The smallest absolute Gasteiger partial charge is 0.328 e. The molecule has 1 amide bonds. The normalized spacial score (nSPS) is 15.6. The van der Waals surface area contributed by atoms with Gasteiger partial charge in [0.2, 0.25) is 5.91 Å². The molecule has 1 atom stereocenters. The summed E-state index contributed by atoms with van der Waals surface area (Å²) in [5.74, 6) is -0.102. The van der Waals surface area contributed by atoms with Crippen LogP contribution in [0.4, 0.5) is 0 Å². The lowest BCUT2D eigenvalue weighted by Gasteiger charge is -2.22. The third-order valence-corrected chi connectivity index (χ3v) is 4.81. The summed E-state index contributed by atoms with van der Waals surface area (Å²) in [4.78, 5) is 31.9. The van der Waals surface area contributed by atoms with Crippen LogP contribution in [-0.4, -0.2) is 31.6 Å². The van der Waals surface area contributed by atoms with Crippen LogP contribution in [0, 0.1) is 0 Å². The van der Waals surface area contributed by atoms with Gasteiger partial charge >= 0.3 is 5.69 Å². The van der Waals surface area contributed by atoms with E-state index in [1.165, 1.54) is 0 Å². The summed E-state index contributed by atoms with van der Waals surface area (Å²) in [6.07, 6.45) is 2.47. The van der Waals surface area contributed by atoms with Crippen molar-refractivity contribution in [2.75, 3.05) is 6.54 Å². The number of aromatic nitrogens is 4. The average molecular weight is 413 g/mol. The molecule has 1 aliphatic rings. The van der Waals surface area contributed by atoms with E-state index in [9.17, 15) is 9.59 Å². The van der Waals surface area contributed by atoms with E-state index in [2.05, 4.69) is 20.6 Å². The van der Waals surface area contributed by atoms with Gasteiger partial charge in [-0.15, -0.1) is 24.8 Å². The quantitative estimate of drug-likeness (QED) is 0.596. The van der Waals surface area contributed by atoms with Crippen molar-refractivity contribution in [1.82, 2.24) is 29.7 Å². The fraction of sp³-hybridized carbons (Fsp3) is 0.353. The Bertz CT molecular complexity index is 1020. The highest BCUT2D eigenvalue weighted by Crippen LogP contribution is 2.19. The van der Waals surface area contributed by atoms with E-state index >= 15 is 0 Å². The van der Waals surface area contributed by atoms with E-state index in [4.69, 9.17) is 0 Å². The molecule has 4 rings (SSSR count). The number of rotatable bonds is 3. The van der Waals surface area contributed by atoms with Crippen molar-refractivity contribution >= 4 is 41.8 Å². The largest absolute Gasteiger partial charge is 0.350 e. The van der Waals surface area contributed by atoms with Crippen molar-refractivity contribution in [1.29, 1.82) is 0 Å². The van der Waals surface area contributed by atoms with E-state index in [0.717, 1.165) is 41.0 Å². The SMILES string of the molecule is Cl.Cl.Cn1c(=O)n(C)c2cc(CNC(=O)C3NCCc4[nH]cnc43)ccc21. The molecule has 3 N–H and O–H groups in total. The van der Waals surface area contributed by atoms with Gasteiger partial charge in [-0.3, -0.25) is 13.9 Å². The standard InChI is InChI=1S/C17H20N6O2.2ClH/c1-22-12-4-3-10(7-13(12)23(2)17(22)25)8-19-16(24)15-14-11(5-6-18-15)20-9-21-14;;/h3-4,7,9,15,18H,5-6,8H2,1-2H3,(H,19,24)(H,20,21);2*1H. The Kier molecular flexibility index (Phi) is 6.35. The zero-order valence-corrected chi connectivity index (χ0v) is 16.6. The van der Waals surface area contributed by atoms with Crippen molar-refractivity contribution in [2.24, 2.45) is 14.1 Å². The first-order chi connectivity index (χ1) is 12.1. The van der Waals surface area contributed by atoms with Gasteiger partial charge in [-0.05, 0) is 17.7 Å². The lowest BCUT2D eigenvalue weighted by atomic mass is 10.0. The number of H-pyrrole nitrogens is 1. The van der Waals surface area contributed by atoms with Crippen molar-refractivity contribution < 1.29 is 4.79 Å². The molecule has 1 aliphatic heterocycles. The predicted molar refractivity (Wildman–Crippen MR) is 108 cm³/mol. The first-order valence-electron chi connectivity index (χ1n) is 8.24. The second kappa shape index (κ2) is 8.16. The minimum absolute atomic E-state index is 0. The molecule has 0 saturated heterocycles. The molecule has 27 heavy (non-hydrogen) atoms. The fourth-order valence-electron chi connectivity index (χ4n) is 3.39. The lowest BCUT2D eigenvalue weighted by Crippen LogP contribution is -2.41. The molecule has 0 radical (unpaired) electrons. The number of amides is 1. The number of aryl methyl sites for hydroxylation is 2. The van der Waals surface area contributed by atoms with Gasteiger partial charge in [0.25, 0.3) is 0 Å². The Morgan fingerprint density at radius 3 is 2.78 bits per heavy atom.